The lowest BCUT2D eigenvalue weighted by molar-refractivity contribution is 1.21. The van der Waals surface area contributed by atoms with Crippen LogP contribution in [0.2, 0.25) is 0 Å². The van der Waals surface area contributed by atoms with Gasteiger partial charge < -0.3 is 0 Å². The Bertz CT molecular complexity index is 586. The highest BCUT2D eigenvalue weighted by Crippen LogP contribution is 2.33. The molecule has 18 heavy (non-hydrogen) atoms. The van der Waals surface area contributed by atoms with Gasteiger partial charge in [-0.15, -0.1) is 5.11 Å². The SMILES string of the molecule is C=Nc1c(C)cc(C)cc1N=Nc1ccccc1. The van der Waals surface area contributed by atoms with E-state index in [2.05, 4.69) is 28.0 Å². The second kappa shape index (κ2) is 5.36. The van der Waals surface area contributed by atoms with E-state index >= 15 is 0 Å². The van der Waals surface area contributed by atoms with E-state index in [0.717, 1.165) is 28.2 Å². The van der Waals surface area contributed by atoms with Gasteiger partial charge >= 0.3 is 0 Å². The Kier molecular flexibility index (Phi) is 3.63. The molecule has 0 N–H and O–H groups in total. The van der Waals surface area contributed by atoms with Crippen molar-refractivity contribution >= 4 is 23.8 Å². The normalized spacial score (nSPS) is 10.8. The molecule has 0 radical (unpaired) electrons. The third-order valence-electron chi connectivity index (χ3n) is 2.61. The van der Waals surface area contributed by atoms with Crippen molar-refractivity contribution < 1.29 is 0 Å². The van der Waals surface area contributed by atoms with Crippen LogP contribution in [-0.4, -0.2) is 6.72 Å². The summed E-state index contributed by atoms with van der Waals surface area (Å²) in [6.07, 6.45) is 0. The molecule has 0 fully saturated rings. The fourth-order valence-corrected chi connectivity index (χ4v) is 1.83. The molecule has 0 spiro atoms. The summed E-state index contributed by atoms with van der Waals surface area (Å²) in [5.74, 6) is 0. The molecule has 3 nitrogen and oxygen atoms in total. The van der Waals surface area contributed by atoms with Gasteiger partial charge in [-0.05, 0) is 49.9 Å². The largest absolute Gasteiger partial charge is 0.262 e. The van der Waals surface area contributed by atoms with Gasteiger partial charge in [-0.25, -0.2) is 0 Å². The second-order valence-electron chi connectivity index (χ2n) is 4.14. The van der Waals surface area contributed by atoms with Gasteiger partial charge in [0.05, 0.1) is 11.4 Å². The zero-order valence-electron chi connectivity index (χ0n) is 10.6. The van der Waals surface area contributed by atoms with Crippen molar-refractivity contribution in [2.75, 3.05) is 0 Å². The maximum Gasteiger partial charge on any atom is 0.112 e. The maximum atomic E-state index is 4.26. The Morgan fingerprint density at radius 1 is 0.944 bits per heavy atom. The molecule has 2 rings (SSSR count). The van der Waals surface area contributed by atoms with Crippen LogP contribution in [0.3, 0.4) is 0 Å². The third-order valence-corrected chi connectivity index (χ3v) is 2.61. The monoisotopic (exact) mass is 237 g/mol. The topological polar surface area (TPSA) is 37.1 Å². The summed E-state index contributed by atoms with van der Waals surface area (Å²) < 4.78 is 0. The van der Waals surface area contributed by atoms with Crippen LogP contribution in [0.15, 0.2) is 57.7 Å². The highest BCUT2D eigenvalue weighted by atomic mass is 15.1. The van der Waals surface area contributed by atoms with E-state index in [-0.39, 0.29) is 0 Å². The summed E-state index contributed by atoms with van der Waals surface area (Å²) >= 11 is 0. The van der Waals surface area contributed by atoms with E-state index in [1.54, 1.807) is 0 Å². The van der Waals surface area contributed by atoms with Crippen molar-refractivity contribution in [1.29, 1.82) is 0 Å². The van der Waals surface area contributed by atoms with Crippen LogP contribution in [0.4, 0.5) is 17.1 Å². The Hall–Kier alpha value is -2.29. The third kappa shape index (κ3) is 2.69. The smallest absolute Gasteiger partial charge is 0.112 e. The molecular weight excluding hydrogens is 222 g/mol. The lowest BCUT2D eigenvalue weighted by Gasteiger charge is -2.04. The van der Waals surface area contributed by atoms with Crippen molar-refractivity contribution in [3.63, 3.8) is 0 Å². The van der Waals surface area contributed by atoms with Crippen molar-refractivity contribution in [3.8, 4) is 0 Å². The van der Waals surface area contributed by atoms with E-state index in [9.17, 15) is 0 Å². The summed E-state index contributed by atoms with van der Waals surface area (Å²) in [6, 6.07) is 13.7. The molecule has 0 saturated carbocycles. The van der Waals surface area contributed by atoms with Crippen LogP contribution < -0.4 is 0 Å². The number of azo groups is 1. The van der Waals surface area contributed by atoms with E-state index in [1.807, 2.05) is 50.2 Å². The van der Waals surface area contributed by atoms with E-state index in [1.165, 1.54) is 0 Å². The van der Waals surface area contributed by atoms with Gasteiger partial charge in [-0.2, -0.15) is 5.11 Å². The van der Waals surface area contributed by atoms with Crippen LogP contribution in [0.1, 0.15) is 11.1 Å². The summed E-state index contributed by atoms with van der Waals surface area (Å²) in [4.78, 5) is 4.02. The summed E-state index contributed by atoms with van der Waals surface area (Å²) in [6.45, 7) is 7.61. The number of rotatable bonds is 3. The van der Waals surface area contributed by atoms with Crippen molar-refractivity contribution in [1.82, 2.24) is 0 Å². The first-order valence-electron chi connectivity index (χ1n) is 5.75. The van der Waals surface area contributed by atoms with Crippen LogP contribution in [0.5, 0.6) is 0 Å². The fourth-order valence-electron chi connectivity index (χ4n) is 1.83. The minimum atomic E-state index is 0.756. The lowest BCUT2D eigenvalue weighted by Crippen LogP contribution is -1.79. The van der Waals surface area contributed by atoms with Crippen LogP contribution in [-0.2, 0) is 0 Å². The Labute approximate surface area is 107 Å². The number of hydrogen-bond acceptors (Lipinski definition) is 3. The predicted octanol–water partition coefficient (Wildman–Crippen LogP) is 5.05. The first-order chi connectivity index (χ1) is 8.70. The Balaban J connectivity index is 2.40. The van der Waals surface area contributed by atoms with Crippen molar-refractivity contribution in [2.45, 2.75) is 13.8 Å². The molecule has 0 aliphatic carbocycles. The molecule has 0 aromatic heterocycles. The van der Waals surface area contributed by atoms with Gasteiger partial charge in [0.25, 0.3) is 0 Å². The lowest BCUT2D eigenvalue weighted by atomic mass is 10.1. The van der Waals surface area contributed by atoms with Crippen LogP contribution in [0, 0.1) is 13.8 Å². The van der Waals surface area contributed by atoms with Gasteiger partial charge in [0.2, 0.25) is 0 Å². The molecule has 0 saturated heterocycles. The number of hydrogen-bond donors (Lipinski definition) is 0. The second-order valence-corrected chi connectivity index (χ2v) is 4.14. The molecule has 0 unspecified atom stereocenters. The van der Waals surface area contributed by atoms with Crippen LogP contribution in [0.25, 0.3) is 0 Å². The average Bonchev–Trinajstić information content (AvgIpc) is 2.37. The van der Waals surface area contributed by atoms with E-state index < -0.39 is 0 Å². The zero-order chi connectivity index (χ0) is 13.0. The highest BCUT2D eigenvalue weighted by molar-refractivity contribution is 5.69. The molecule has 0 aliphatic rings. The van der Waals surface area contributed by atoms with Gasteiger partial charge in [0.15, 0.2) is 0 Å². The molecule has 0 bridgehead atoms. The maximum absolute atomic E-state index is 4.26. The van der Waals surface area contributed by atoms with Crippen LogP contribution >= 0.6 is 0 Å². The number of benzene rings is 2. The summed E-state index contributed by atoms with van der Waals surface area (Å²) in [7, 11) is 0. The molecule has 0 amide bonds. The van der Waals surface area contributed by atoms with Crippen molar-refractivity contribution in [2.24, 2.45) is 15.2 Å². The Morgan fingerprint density at radius 2 is 1.67 bits per heavy atom. The summed E-state index contributed by atoms with van der Waals surface area (Å²) in [5.41, 5.74) is 4.58. The van der Waals surface area contributed by atoms with Gasteiger partial charge in [0, 0.05) is 0 Å². The standard InChI is InChI=1S/C15H15N3/c1-11-9-12(2)15(16-3)14(10-11)18-17-13-7-5-4-6-8-13/h4-10H,3H2,1-2H3. The number of aliphatic imine (C=N–C) groups is 1. The number of nitrogens with zero attached hydrogens (tertiary/aromatic N) is 3. The molecule has 0 aliphatic heterocycles. The molecule has 90 valence electrons. The average molecular weight is 237 g/mol. The molecule has 0 heterocycles. The molecule has 2 aromatic carbocycles. The zero-order valence-corrected chi connectivity index (χ0v) is 10.6. The molecule has 3 heteroatoms. The molecular formula is C15H15N3. The highest BCUT2D eigenvalue weighted by Gasteiger charge is 2.04. The quantitative estimate of drug-likeness (QED) is 0.529. The van der Waals surface area contributed by atoms with Gasteiger partial charge in [-0.3, -0.25) is 4.99 Å². The van der Waals surface area contributed by atoms with Crippen molar-refractivity contribution in [3.05, 3.63) is 53.6 Å². The first kappa shape index (κ1) is 12.2. The summed E-state index contributed by atoms with van der Waals surface area (Å²) in [5, 5.41) is 8.46. The minimum absolute atomic E-state index is 0.756. The van der Waals surface area contributed by atoms with E-state index in [0.29, 0.717) is 0 Å². The first-order valence-corrected chi connectivity index (χ1v) is 5.75. The van der Waals surface area contributed by atoms with Gasteiger partial charge in [0.1, 0.15) is 5.69 Å². The molecule has 0 atom stereocenters. The fraction of sp³-hybridized carbons (Fsp3) is 0.133. The van der Waals surface area contributed by atoms with Gasteiger partial charge in [-0.1, -0.05) is 24.3 Å². The van der Waals surface area contributed by atoms with E-state index in [4.69, 9.17) is 0 Å². The Morgan fingerprint density at radius 3 is 2.33 bits per heavy atom. The predicted molar refractivity (Wildman–Crippen MR) is 75.7 cm³/mol. The molecule has 2 aromatic rings. The minimum Gasteiger partial charge on any atom is -0.262 e. The number of aryl methyl sites for hydroxylation is 2.